The lowest BCUT2D eigenvalue weighted by Gasteiger charge is -2.29. The van der Waals surface area contributed by atoms with E-state index in [2.05, 4.69) is 107 Å². The van der Waals surface area contributed by atoms with Crippen LogP contribution in [0.4, 0.5) is 11.4 Å². The average Bonchev–Trinajstić information content (AvgIpc) is 3.15. The molecule has 0 saturated carbocycles. The van der Waals surface area contributed by atoms with Gasteiger partial charge in [-0.25, -0.2) is 0 Å². The highest BCUT2D eigenvalue weighted by molar-refractivity contribution is 5.73. The molecule has 4 radical (unpaired) electrons. The van der Waals surface area contributed by atoms with E-state index in [0.717, 1.165) is 11.3 Å². The van der Waals surface area contributed by atoms with Gasteiger partial charge in [-0.05, 0) is 52.8 Å². The highest BCUT2D eigenvalue weighted by atomic mass is 15.3. The molecule has 1 heterocycles. The average molecular weight is 387 g/mol. The summed E-state index contributed by atoms with van der Waals surface area (Å²) in [6, 6.07) is 13.1. The van der Waals surface area contributed by atoms with Crippen LogP contribution in [0.1, 0.15) is 94.4 Å². The van der Waals surface area contributed by atoms with Crippen molar-refractivity contribution in [3.63, 3.8) is 0 Å². The Balaban J connectivity index is 2.05. The lowest BCUT2D eigenvalue weighted by Crippen LogP contribution is -2.23. The van der Waals surface area contributed by atoms with E-state index in [4.69, 9.17) is 6.92 Å². The molecule has 1 aliphatic rings. The summed E-state index contributed by atoms with van der Waals surface area (Å²) in [5, 5.41) is 0. The van der Waals surface area contributed by atoms with Crippen LogP contribution in [0, 0.1) is 13.6 Å². The van der Waals surface area contributed by atoms with Gasteiger partial charge in [0.25, 0.3) is 0 Å². The van der Waals surface area contributed by atoms with Gasteiger partial charge in [-0.3, -0.25) is 0 Å². The minimum absolute atomic E-state index is 0.0397. The van der Waals surface area contributed by atoms with Crippen LogP contribution in [0.25, 0.3) is 0 Å². The van der Waals surface area contributed by atoms with E-state index in [0.29, 0.717) is 17.8 Å². The van der Waals surface area contributed by atoms with Gasteiger partial charge in [0.15, 0.2) is 0 Å². The zero-order chi connectivity index (χ0) is 21.3. The van der Waals surface area contributed by atoms with Crippen LogP contribution in [0.5, 0.6) is 0 Å². The second kappa shape index (κ2) is 8.65. The van der Waals surface area contributed by atoms with Crippen LogP contribution >= 0.6 is 0 Å². The maximum absolute atomic E-state index is 6.33. The molecule has 2 nitrogen and oxygen atoms in total. The van der Waals surface area contributed by atoms with Gasteiger partial charge in [0, 0.05) is 12.4 Å². The third-order valence-electron chi connectivity index (χ3n) is 5.62. The molecule has 152 valence electrons. The molecule has 0 aromatic heterocycles. The summed E-state index contributed by atoms with van der Waals surface area (Å²) in [4.78, 5) is 4.28. The van der Waals surface area contributed by atoms with E-state index in [1.165, 1.54) is 22.4 Å². The van der Waals surface area contributed by atoms with Gasteiger partial charge < -0.3 is 9.80 Å². The van der Waals surface area contributed by atoms with Crippen molar-refractivity contribution in [2.45, 2.75) is 72.1 Å². The molecule has 0 fully saturated rings. The fourth-order valence-corrected chi connectivity index (χ4v) is 4.05. The molecule has 1 atom stereocenters. The van der Waals surface area contributed by atoms with Crippen molar-refractivity contribution < 1.29 is 0 Å². The normalized spacial score (nSPS) is 14.3. The largest absolute Gasteiger partial charge is 0.315 e. The fraction of sp³-hybridized carbons (Fsp3) is 0.407. The molecule has 2 aromatic rings. The summed E-state index contributed by atoms with van der Waals surface area (Å²) in [7, 11) is 0. The standard InChI is InChI=1S/C27H34N2/c1-18(2)22-11-9-12-23(19(3)4)26(22)28-15-16-29(17-28)27-24(20(5)6)13-10-14-25(27)21(7)8/h1,9-16,18-21H,2-8H3. The predicted molar refractivity (Wildman–Crippen MR) is 125 cm³/mol. The van der Waals surface area contributed by atoms with Crippen molar-refractivity contribution in [3.05, 3.63) is 84.6 Å². The number of anilines is 2. The van der Waals surface area contributed by atoms with Gasteiger partial charge >= 0.3 is 0 Å². The molecular weight excluding hydrogens is 352 g/mol. The van der Waals surface area contributed by atoms with E-state index >= 15 is 0 Å². The van der Waals surface area contributed by atoms with E-state index < -0.39 is 0 Å². The molecule has 3 rings (SSSR count). The molecule has 2 aromatic carbocycles. The van der Waals surface area contributed by atoms with Gasteiger partial charge in [-0.1, -0.05) is 84.9 Å². The first-order valence-electron chi connectivity index (χ1n) is 10.8. The molecule has 2 heteroatoms. The zero-order valence-corrected chi connectivity index (χ0v) is 18.9. The zero-order valence-electron chi connectivity index (χ0n) is 18.9. The lowest BCUT2D eigenvalue weighted by atomic mass is 9.91. The smallest absolute Gasteiger partial charge is 0.217 e. The Morgan fingerprint density at radius 2 is 0.966 bits per heavy atom. The third kappa shape index (κ3) is 4.22. The Morgan fingerprint density at radius 3 is 1.31 bits per heavy atom. The van der Waals surface area contributed by atoms with Crippen molar-refractivity contribution in [1.82, 2.24) is 0 Å². The SMILES string of the molecule is [CH]C(C)c1cccc(C(C)C)c1N1[C]N(c2c(C(C)C)cccc2C(C)C)C=C1. The highest BCUT2D eigenvalue weighted by Crippen LogP contribution is 2.41. The van der Waals surface area contributed by atoms with Crippen molar-refractivity contribution >= 4 is 11.4 Å². The quantitative estimate of drug-likeness (QED) is 0.502. The molecule has 0 amide bonds. The number of hydrogen-bond acceptors (Lipinski definition) is 2. The summed E-state index contributed by atoms with van der Waals surface area (Å²) < 4.78 is 0. The van der Waals surface area contributed by atoms with Gasteiger partial charge in [-0.2, -0.15) is 0 Å². The molecule has 29 heavy (non-hydrogen) atoms. The summed E-state index contributed by atoms with van der Waals surface area (Å²) >= 11 is 0. The number of nitrogens with zero attached hydrogens (tertiary/aromatic N) is 2. The van der Waals surface area contributed by atoms with Crippen LogP contribution < -0.4 is 9.80 Å². The van der Waals surface area contributed by atoms with Gasteiger partial charge in [-0.15, -0.1) is 0 Å². The van der Waals surface area contributed by atoms with E-state index in [-0.39, 0.29) is 5.92 Å². The number of rotatable bonds is 6. The monoisotopic (exact) mass is 386 g/mol. The molecule has 1 aliphatic heterocycles. The number of hydrogen-bond donors (Lipinski definition) is 0. The third-order valence-corrected chi connectivity index (χ3v) is 5.62. The predicted octanol–water partition coefficient (Wildman–Crippen LogP) is 7.67. The van der Waals surface area contributed by atoms with Crippen LogP contribution in [-0.4, -0.2) is 0 Å². The summed E-state index contributed by atoms with van der Waals surface area (Å²) in [6.07, 6.45) is 4.23. The maximum atomic E-state index is 6.33. The molecule has 1 unspecified atom stereocenters. The Labute approximate surface area is 178 Å². The van der Waals surface area contributed by atoms with Crippen molar-refractivity contribution in [1.29, 1.82) is 0 Å². The van der Waals surface area contributed by atoms with E-state index in [1.54, 1.807) is 0 Å². The van der Waals surface area contributed by atoms with Crippen LogP contribution in [0.2, 0.25) is 0 Å². The van der Waals surface area contributed by atoms with E-state index in [9.17, 15) is 0 Å². The summed E-state index contributed by atoms with van der Waals surface area (Å²) in [5.41, 5.74) is 7.54. The Kier molecular flexibility index (Phi) is 6.41. The van der Waals surface area contributed by atoms with Crippen LogP contribution in [0.15, 0.2) is 48.8 Å². The number of benzene rings is 2. The summed E-state index contributed by atoms with van der Waals surface area (Å²) in [6.45, 7) is 25.5. The van der Waals surface area contributed by atoms with Crippen molar-refractivity contribution in [2.75, 3.05) is 9.80 Å². The van der Waals surface area contributed by atoms with Gasteiger partial charge in [0.1, 0.15) is 0 Å². The molecule has 0 N–H and O–H groups in total. The van der Waals surface area contributed by atoms with Crippen LogP contribution in [-0.2, 0) is 0 Å². The number of para-hydroxylation sites is 2. The second-order valence-electron chi connectivity index (χ2n) is 8.96. The second-order valence-corrected chi connectivity index (χ2v) is 8.96. The minimum Gasteiger partial charge on any atom is -0.315 e. The van der Waals surface area contributed by atoms with Gasteiger partial charge in [0.05, 0.1) is 11.4 Å². The molecule has 0 spiro atoms. The maximum Gasteiger partial charge on any atom is 0.217 e. The Hall–Kier alpha value is -2.22. The first kappa shape index (κ1) is 21.5. The molecular formula is C27H34N2. The minimum atomic E-state index is -0.0397. The van der Waals surface area contributed by atoms with Crippen LogP contribution in [0.3, 0.4) is 0 Å². The molecule has 0 aliphatic carbocycles. The summed E-state index contributed by atoms with van der Waals surface area (Å²) in [5.74, 6) is 1.25. The van der Waals surface area contributed by atoms with Gasteiger partial charge in [0.2, 0.25) is 6.67 Å². The first-order valence-corrected chi connectivity index (χ1v) is 10.8. The Morgan fingerprint density at radius 1 is 0.621 bits per heavy atom. The molecule has 0 bridgehead atoms. The van der Waals surface area contributed by atoms with Crippen molar-refractivity contribution in [3.8, 4) is 0 Å². The Bertz CT molecular complexity index is 750. The fourth-order valence-electron chi connectivity index (χ4n) is 4.05. The topological polar surface area (TPSA) is 6.48 Å². The first-order chi connectivity index (χ1) is 13.7. The van der Waals surface area contributed by atoms with E-state index in [1.807, 2.05) is 6.92 Å². The van der Waals surface area contributed by atoms with Crippen molar-refractivity contribution in [2.24, 2.45) is 0 Å². The molecule has 0 saturated heterocycles. The highest BCUT2D eigenvalue weighted by Gasteiger charge is 2.27. The lowest BCUT2D eigenvalue weighted by molar-refractivity contribution is 0.824.